The largest absolute Gasteiger partial charge is 0.458 e. The molecule has 0 saturated carbocycles. The molecule has 1 aliphatic rings. The van der Waals surface area contributed by atoms with E-state index in [9.17, 15) is 9.18 Å². The summed E-state index contributed by atoms with van der Waals surface area (Å²) in [6.45, 7) is 0. The third kappa shape index (κ3) is 1.83. The van der Waals surface area contributed by atoms with Crippen molar-refractivity contribution in [2.45, 2.75) is 25.4 Å². The van der Waals surface area contributed by atoms with E-state index in [0.717, 1.165) is 12.8 Å². The predicted molar refractivity (Wildman–Crippen MR) is 34.0 cm³/mol. The average molecular weight is 144 g/mol. The fourth-order valence-corrected chi connectivity index (χ4v) is 0.951. The topological polar surface area (TPSA) is 26.3 Å². The molecule has 0 N–H and O–H groups in total. The van der Waals surface area contributed by atoms with Crippen LogP contribution in [0.15, 0.2) is 12.4 Å². The third-order valence-electron chi connectivity index (χ3n) is 1.44. The minimum Gasteiger partial charge on any atom is -0.458 e. The van der Waals surface area contributed by atoms with Crippen molar-refractivity contribution in [3.63, 3.8) is 0 Å². The first-order valence-corrected chi connectivity index (χ1v) is 3.29. The molecule has 1 unspecified atom stereocenters. The second-order valence-electron chi connectivity index (χ2n) is 2.24. The van der Waals surface area contributed by atoms with Gasteiger partial charge in [0.1, 0.15) is 6.10 Å². The number of hydrogen-bond donors (Lipinski definition) is 0. The van der Waals surface area contributed by atoms with Crippen molar-refractivity contribution < 1.29 is 13.9 Å². The predicted octanol–water partition coefficient (Wildman–Crippen LogP) is 1.57. The number of cyclic esters (lactones) is 1. The summed E-state index contributed by atoms with van der Waals surface area (Å²) in [7, 11) is 0. The minimum atomic E-state index is -0.328. The molecule has 0 bridgehead atoms. The number of carbonyl (C=O) groups excluding carboxylic acids is 1. The SMILES string of the molecule is O=C1CCCC(/C=C/F)O1. The van der Waals surface area contributed by atoms with Crippen molar-refractivity contribution >= 4 is 5.97 Å². The van der Waals surface area contributed by atoms with Gasteiger partial charge < -0.3 is 4.74 Å². The van der Waals surface area contributed by atoms with Crippen LogP contribution >= 0.6 is 0 Å². The van der Waals surface area contributed by atoms with Crippen LogP contribution in [0.5, 0.6) is 0 Å². The smallest absolute Gasteiger partial charge is 0.306 e. The van der Waals surface area contributed by atoms with Crippen LogP contribution in [0.25, 0.3) is 0 Å². The second kappa shape index (κ2) is 3.34. The van der Waals surface area contributed by atoms with Gasteiger partial charge in [-0.15, -0.1) is 0 Å². The fourth-order valence-electron chi connectivity index (χ4n) is 0.951. The van der Waals surface area contributed by atoms with Gasteiger partial charge in [0, 0.05) is 6.42 Å². The monoisotopic (exact) mass is 144 g/mol. The van der Waals surface area contributed by atoms with Crippen molar-refractivity contribution in [3.8, 4) is 0 Å². The summed E-state index contributed by atoms with van der Waals surface area (Å²) in [5.41, 5.74) is 0. The van der Waals surface area contributed by atoms with Crippen LogP contribution in [0.2, 0.25) is 0 Å². The maximum atomic E-state index is 11.5. The first-order valence-electron chi connectivity index (χ1n) is 3.29. The molecule has 1 aliphatic heterocycles. The Morgan fingerprint density at radius 1 is 1.70 bits per heavy atom. The molecule has 2 nitrogen and oxygen atoms in total. The Labute approximate surface area is 58.7 Å². The number of hydrogen-bond acceptors (Lipinski definition) is 2. The van der Waals surface area contributed by atoms with E-state index in [-0.39, 0.29) is 12.1 Å². The Hall–Kier alpha value is -0.860. The fraction of sp³-hybridized carbons (Fsp3) is 0.571. The molecule has 0 aromatic rings. The maximum Gasteiger partial charge on any atom is 0.306 e. The first kappa shape index (κ1) is 7.25. The van der Waals surface area contributed by atoms with E-state index in [1.807, 2.05) is 0 Å². The van der Waals surface area contributed by atoms with Gasteiger partial charge in [-0.25, -0.2) is 4.39 Å². The zero-order chi connectivity index (χ0) is 7.40. The van der Waals surface area contributed by atoms with Gasteiger partial charge in [-0.2, -0.15) is 0 Å². The molecule has 3 heteroatoms. The van der Waals surface area contributed by atoms with Gasteiger partial charge in [0.05, 0.1) is 6.33 Å². The van der Waals surface area contributed by atoms with E-state index in [4.69, 9.17) is 4.74 Å². The quantitative estimate of drug-likeness (QED) is 0.522. The average Bonchev–Trinajstić information content (AvgIpc) is 1.88. The molecule has 1 heterocycles. The lowest BCUT2D eigenvalue weighted by molar-refractivity contribution is -0.150. The maximum absolute atomic E-state index is 11.5. The summed E-state index contributed by atoms with van der Waals surface area (Å²) < 4.78 is 16.3. The van der Waals surface area contributed by atoms with Crippen molar-refractivity contribution in [1.29, 1.82) is 0 Å². The van der Waals surface area contributed by atoms with Gasteiger partial charge in [-0.3, -0.25) is 4.79 Å². The van der Waals surface area contributed by atoms with Gasteiger partial charge in [-0.05, 0) is 18.9 Å². The summed E-state index contributed by atoms with van der Waals surface area (Å²) in [4.78, 5) is 10.6. The minimum absolute atomic E-state index is 0.227. The molecule has 0 spiro atoms. The Morgan fingerprint density at radius 3 is 3.10 bits per heavy atom. The summed E-state index contributed by atoms with van der Waals surface area (Å²) in [6, 6.07) is 0. The van der Waals surface area contributed by atoms with Gasteiger partial charge in [0.2, 0.25) is 0 Å². The van der Waals surface area contributed by atoms with Crippen LogP contribution < -0.4 is 0 Å². The summed E-state index contributed by atoms with van der Waals surface area (Å²) in [5.74, 6) is -0.227. The zero-order valence-electron chi connectivity index (χ0n) is 5.55. The zero-order valence-corrected chi connectivity index (χ0v) is 5.55. The molecule has 0 aromatic heterocycles. The van der Waals surface area contributed by atoms with E-state index in [2.05, 4.69) is 0 Å². The van der Waals surface area contributed by atoms with Crippen molar-refractivity contribution in [3.05, 3.63) is 12.4 Å². The highest BCUT2D eigenvalue weighted by Gasteiger charge is 2.17. The van der Waals surface area contributed by atoms with Gasteiger partial charge >= 0.3 is 5.97 Å². The van der Waals surface area contributed by atoms with Crippen LogP contribution in [0, 0.1) is 0 Å². The molecule has 0 aromatic carbocycles. The number of rotatable bonds is 1. The highest BCUT2D eigenvalue weighted by molar-refractivity contribution is 5.70. The normalized spacial score (nSPS) is 26.9. The first-order chi connectivity index (χ1) is 4.83. The number of esters is 1. The van der Waals surface area contributed by atoms with Crippen LogP contribution in [-0.4, -0.2) is 12.1 Å². The second-order valence-corrected chi connectivity index (χ2v) is 2.24. The summed E-state index contributed by atoms with van der Waals surface area (Å²) in [6.07, 6.45) is 3.36. The highest BCUT2D eigenvalue weighted by Crippen LogP contribution is 2.14. The lowest BCUT2D eigenvalue weighted by Crippen LogP contribution is -2.21. The molecular formula is C7H9FO2. The lowest BCUT2D eigenvalue weighted by Gasteiger charge is -2.18. The molecular weight excluding hydrogens is 135 g/mol. The van der Waals surface area contributed by atoms with Gasteiger partial charge in [0.15, 0.2) is 0 Å². The molecule has 1 atom stereocenters. The van der Waals surface area contributed by atoms with Crippen LogP contribution in [0.1, 0.15) is 19.3 Å². The molecule has 56 valence electrons. The van der Waals surface area contributed by atoms with Crippen LogP contribution in [-0.2, 0) is 9.53 Å². The molecule has 1 saturated heterocycles. The Balaban J connectivity index is 2.39. The number of halogens is 1. The molecule has 0 amide bonds. The Bertz CT molecular complexity index is 154. The summed E-state index contributed by atoms with van der Waals surface area (Å²) >= 11 is 0. The van der Waals surface area contributed by atoms with Crippen molar-refractivity contribution in [2.24, 2.45) is 0 Å². The summed E-state index contributed by atoms with van der Waals surface area (Å²) in [5, 5.41) is 0. The molecule has 1 fully saturated rings. The standard InChI is InChI=1S/C7H9FO2/c8-5-4-6-2-1-3-7(9)10-6/h4-6H,1-3H2/b5-4+. The highest BCUT2D eigenvalue weighted by atomic mass is 19.1. The van der Waals surface area contributed by atoms with E-state index >= 15 is 0 Å². The van der Waals surface area contributed by atoms with Gasteiger partial charge in [0.25, 0.3) is 0 Å². The number of carbonyl (C=O) groups is 1. The van der Waals surface area contributed by atoms with Crippen molar-refractivity contribution in [1.82, 2.24) is 0 Å². The lowest BCUT2D eigenvalue weighted by atomic mass is 10.1. The Morgan fingerprint density at radius 2 is 2.50 bits per heavy atom. The van der Waals surface area contributed by atoms with E-state index in [0.29, 0.717) is 12.8 Å². The third-order valence-corrected chi connectivity index (χ3v) is 1.44. The van der Waals surface area contributed by atoms with Gasteiger partial charge in [-0.1, -0.05) is 0 Å². The number of ether oxygens (including phenoxy) is 1. The molecule has 0 radical (unpaired) electrons. The van der Waals surface area contributed by atoms with E-state index in [1.165, 1.54) is 6.08 Å². The molecule has 0 aliphatic carbocycles. The van der Waals surface area contributed by atoms with Crippen LogP contribution in [0.3, 0.4) is 0 Å². The van der Waals surface area contributed by atoms with Crippen molar-refractivity contribution in [2.75, 3.05) is 0 Å². The molecule has 10 heavy (non-hydrogen) atoms. The Kier molecular flexibility index (Phi) is 2.42. The van der Waals surface area contributed by atoms with Crippen LogP contribution in [0.4, 0.5) is 4.39 Å². The van der Waals surface area contributed by atoms with E-state index < -0.39 is 0 Å². The van der Waals surface area contributed by atoms with E-state index in [1.54, 1.807) is 0 Å². The molecule has 1 rings (SSSR count).